The lowest BCUT2D eigenvalue weighted by Crippen LogP contribution is -2.28. The molecule has 0 radical (unpaired) electrons. The maximum Gasteiger partial charge on any atom is 0.222 e. The highest BCUT2D eigenvalue weighted by Crippen LogP contribution is 2.03. The summed E-state index contributed by atoms with van der Waals surface area (Å²) in [5.41, 5.74) is 5.36. The van der Waals surface area contributed by atoms with E-state index in [0.29, 0.717) is 18.9 Å². The summed E-state index contributed by atoms with van der Waals surface area (Å²) in [6.45, 7) is 5.90. The lowest BCUT2D eigenvalue weighted by atomic mass is 10.1. The average molecular weight is 200 g/mol. The second kappa shape index (κ2) is 7.80. The number of carbonyl (C=O) groups is 1. The van der Waals surface area contributed by atoms with Gasteiger partial charge in [-0.1, -0.05) is 13.8 Å². The van der Waals surface area contributed by atoms with Crippen LogP contribution in [-0.4, -0.2) is 30.9 Å². The van der Waals surface area contributed by atoms with Gasteiger partial charge in [-0.05, 0) is 31.7 Å². The number of unbranched alkanes of at least 4 members (excludes halogenated alkanes) is 1. The van der Waals surface area contributed by atoms with E-state index in [0.717, 1.165) is 25.8 Å². The van der Waals surface area contributed by atoms with Gasteiger partial charge in [-0.15, -0.1) is 0 Å². The Kier molecular flexibility index (Phi) is 7.48. The van der Waals surface area contributed by atoms with Gasteiger partial charge >= 0.3 is 0 Å². The van der Waals surface area contributed by atoms with Gasteiger partial charge in [0.1, 0.15) is 0 Å². The van der Waals surface area contributed by atoms with Gasteiger partial charge in [0.05, 0.1) is 0 Å². The first-order valence-corrected chi connectivity index (χ1v) is 5.52. The molecular formula is C11H24N2O. The summed E-state index contributed by atoms with van der Waals surface area (Å²) in [7, 11) is 1.88. The fraction of sp³-hybridized carbons (Fsp3) is 0.909. The minimum absolute atomic E-state index is 0.249. The first-order chi connectivity index (χ1) is 6.57. The normalized spacial score (nSPS) is 10.6. The molecule has 0 aliphatic heterocycles. The molecular weight excluding hydrogens is 176 g/mol. The molecule has 0 aromatic rings. The van der Waals surface area contributed by atoms with E-state index >= 15 is 0 Å². The number of nitrogens with zero attached hydrogens (tertiary/aromatic N) is 1. The van der Waals surface area contributed by atoms with Gasteiger partial charge in [-0.25, -0.2) is 0 Å². The fourth-order valence-electron chi connectivity index (χ4n) is 1.19. The third-order valence-electron chi connectivity index (χ3n) is 2.31. The van der Waals surface area contributed by atoms with E-state index in [9.17, 15) is 4.79 Å². The molecule has 0 bridgehead atoms. The molecule has 14 heavy (non-hydrogen) atoms. The smallest absolute Gasteiger partial charge is 0.222 e. The van der Waals surface area contributed by atoms with Crippen molar-refractivity contribution in [1.29, 1.82) is 0 Å². The topological polar surface area (TPSA) is 46.3 Å². The molecule has 3 nitrogen and oxygen atoms in total. The van der Waals surface area contributed by atoms with Gasteiger partial charge in [0.15, 0.2) is 0 Å². The minimum Gasteiger partial charge on any atom is -0.346 e. The van der Waals surface area contributed by atoms with Crippen LogP contribution in [0.3, 0.4) is 0 Å². The maximum atomic E-state index is 11.5. The number of rotatable bonds is 7. The predicted octanol–water partition coefficient (Wildman–Crippen LogP) is 1.62. The second-order valence-electron chi connectivity index (χ2n) is 4.24. The molecule has 0 saturated carbocycles. The Hall–Kier alpha value is -0.570. The molecule has 2 N–H and O–H groups in total. The van der Waals surface area contributed by atoms with Crippen LogP contribution in [0.1, 0.15) is 39.5 Å². The third-order valence-corrected chi connectivity index (χ3v) is 2.31. The lowest BCUT2D eigenvalue weighted by molar-refractivity contribution is -0.130. The molecule has 1 amide bonds. The molecule has 0 spiro atoms. The molecule has 0 heterocycles. The Morgan fingerprint density at radius 3 is 2.50 bits per heavy atom. The molecule has 0 unspecified atom stereocenters. The largest absolute Gasteiger partial charge is 0.346 e. The highest BCUT2D eigenvalue weighted by molar-refractivity contribution is 5.75. The van der Waals surface area contributed by atoms with Crippen molar-refractivity contribution in [3.05, 3.63) is 0 Å². The Bertz CT molecular complexity index is 157. The van der Waals surface area contributed by atoms with Crippen molar-refractivity contribution in [2.24, 2.45) is 11.7 Å². The molecule has 0 aliphatic carbocycles. The van der Waals surface area contributed by atoms with Crippen molar-refractivity contribution < 1.29 is 4.79 Å². The fourth-order valence-corrected chi connectivity index (χ4v) is 1.19. The molecule has 0 aliphatic rings. The molecule has 0 aromatic carbocycles. The van der Waals surface area contributed by atoms with Crippen LogP contribution < -0.4 is 5.73 Å². The summed E-state index contributed by atoms with van der Waals surface area (Å²) in [6, 6.07) is 0. The van der Waals surface area contributed by atoms with Crippen molar-refractivity contribution in [3.63, 3.8) is 0 Å². The zero-order valence-corrected chi connectivity index (χ0v) is 9.75. The number of carbonyl (C=O) groups excluding carboxylic acids is 1. The minimum atomic E-state index is 0.249. The molecule has 0 fully saturated rings. The zero-order chi connectivity index (χ0) is 11.0. The van der Waals surface area contributed by atoms with Crippen LogP contribution >= 0.6 is 0 Å². The monoisotopic (exact) mass is 200 g/mol. The average Bonchev–Trinajstić information content (AvgIpc) is 2.14. The van der Waals surface area contributed by atoms with Crippen molar-refractivity contribution in [2.75, 3.05) is 20.1 Å². The van der Waals surface area contributed by atoms with Crippen LogP contribution in [0.15, 0.2) is 0 Å². The first kappa shape index (κ1) is 13.4. The Morgan fingerprint density at radius 2 is 2.00 bits per heavy atom. The van der Waals surface area contributed by atoms with E-state index < -0.39 is 0 Å². The number of hydrogen-bond acceptors (Lipinski definition) is 2. The van der Waals surface area contributed by atoms with Crippen LogP contribution in [-0.2, 0) is 4.79 Å². The highest BCUT2D eigenvalue weighted by Gasteiger charge is 2.07. The van der Waals surface area contributed by atoms with E-state index in [4.69, 9.17) is 5.73 Å². The summed E-state index contributed by atoms with van der Waals surface area (Å²) >= 11 is 0. The Labute approximate surface area is 87.6 Å². The molecule has 0 atom stereocenters. The summed E-state index contributed by atoms with van der Waals surface area (Å²) in [6.07, 6.45) is 3.59. The SMILES string of the molecule is CC(C)CCN(C)C(=O)CCCCN. The predicted molar refractivity (Wildman–Crippen MR) is 60.0 cm³/mol. The van der Waals surface area contributed by atoms with E-state index in [2.05, 4.69) is 13.8 Å². The van der Waals surface area contributed by atoms with Crippen molar-refractivity contribution >= 4 is 5.91 Å². The van der Waals surface area contributed by atoms with Gasteiger partial charge in [0, 0.05) is 20.0 Å². The van der Waals surface area contributed by atoms with Gasteiger partial charge in [-0.3, -0.25) is 4.79 Å². The van der Waals surface area contributed by atoms with Gasteiger partial charge in [0.25, 0.3) is 0 Å². The molecule has 0 aromatic heterocycles. The van der Waals surface area contributed by atoms with E-state index in [-0.39, 0.29) is 5.91 Å². The van der Waals surface area contributed by atoms with Crippen LogP contribution in [0, 0.1) is 5.92 Å². The molecule has 84 valence electrons. The van der Waals surface area contributed by atoms with E-state index in [1.54, 1.807) is 0 Å². The van der Waals surface area contributed by atoms with Crippen molar-refractivity contribution in [2.45, 2.75) is 39.5 Å². The highest BCUT2D eigenvalue weighted by atomic mass is 16.2. The zero-order valence-electron chi connectivity index (χ0n) is 9.75. The number of amides is 1. The summed E-state index contributed by atoms with van der Waals surface area (Å²) in [5.74, 6) is 0.911. The Balaban J connectivity index is 3.54. The second-order valence-corrected chi connectivity index (χ2v) is 4.24. The van der Waals surface area contributed by atoms with Gasteiger partial charge in [-0.2, -0.15) is 0 Å². The van der Waals surface area contributed by atoms with Crippen LogP contribution in [0.2, 0.25) is 0 Å². The number of nitrogens with two attached hydrogens (primary N) is 1. The Morgan fingerprint density at radius 1 is 1.36 bits per heavy atom. The molecule has 0 rings (SSSR count). The number of hydrogen-bond donors (Lipinski definition) is 1. The quantitative estimate of drug-likeness (QED) is 0.635. The first-order valence-electron chi connectivity index (χ1n) is 5.52. The molecule has 3 heteroatoms. The standard InChI is InChI=1S/C11H24N2O/c1-10(2)7-9-13(3)11(14)6-4-5-8-12/h10H,4-9,12H2,1-3H3. The van der Waals surface area contributed by atoms with Gasteiger partial charge in [0.2, 0.25) is 5.91 Å². The summed E-state index contributed by atoms with van der Waals surface area (Å²) in [4.78, 5) is 13.3. The summed E-state index contributed by atoms with van der Waals surface area (Å²) in [5, 5.41) is 0. The summed E-state index contributed by atoms with van der Waals surface area (Å²) < 4.78 is 0. The van der Waals surface area contributed by atoms with Crippen LogP contribution in [0.5, 0.6) is 0 Å². The maximum absolute atomic E-state index is 11.5. The van der Waals surface area contributed by atoms with E-state index in [1.807, 2.05) is 11.9 Å². The third kappa shape index (κ3) is 6.89. The lowest BCUT2D eigenvalue weighted by Gasteiger charge is -2.18. The van der Waals surface area contributed by atoms with Gasteiger partial charge < -0.3 is 10.6 Å². The molecule has 0 saturated heterocycles. The van der Waals surface area contributed by atoms with E-state index in [1.165, 1.54) is 0 Å². The van der Waals surface area contributed by atoms with Crippen molar-refractivity contribution in [1.82, 2.24) is 4.90 Å². The van der Waals surface area contributed by atoms with Crippen LogP contribution in [0.25, 0.3) is 0 Å². The van der Waals surface area contributed by atoms with Crippen molar-refractivity contribution in [3.8, 4) is 0 Å². The van der Waals surface area contributed by atoms with Crippen LogP contribution in [0.4, 0.5) is 0 Å².